The molecule has 0 aromatic heterocycles. The largest absolute Gasteiger partial charge is 0.423 e. The van der Waals surface area contributed by atoms with Gasteiger partial charge in [-0.25, -0.2) is 10.2 Å². The number of halogens is 1. The maximum Gasteiger partial charge on any atom is 0.343 e. The highest BCUT2D eigenvalue weighted by molar-refractivity contribution is 9.10. The number of rotatable bonds is 7. The maximum absolute atomic E-state index is 12.3. The fraction of sp³-hybridized carbons (Fsp3) is 0.0833. The molecule has 0 fully saturated rings. The monoisotopic (exact) mass is 493 g/mol. The first-order valence-corrected chi connectivity index (χ1v) is 10.5. The van der Waals surface area contributed by atoms with Crippen molar-refractivity contribution in [2.75, 3.05) is 6.54 Å². The third-order valence-electron chi connectivity index (χ3n) is 4.35. The molecule has 0 saturated carbocycles. The Balaban J connectivity index is 1.46. The normalized spacial score (nSPS) is 10.6. The van der Waals surface area contributed by atoms with Gasteiger partial charge in [0.2, 0.25) is 0 Å². The average molecular weight is 494 g/mol. The van der Waals surface area contributed by atoms with Gasteiger partial charge in [-0.15, -0.1) is 0 Å². The Morgan fingerprint density at radius 3 is 2.47 bits per heavy atom. The van der Waals surface area contributed by atoms with Gasteiger partial charge in [0.05, 0.1) is 18.3 Å². The van der Waals surface area contributed by atoms with Crippen molar-refractivity contribution in [2.24, 2.45) is 5.10 Å². The summed E-state index contributed by atoms with van der Waals surface area (Å²) in [6.07, 6.45) is 1.45. The summed E-state index contributed by atoms with van der Waals surface area (Å²) in [5, 5.41) is 6.39. The summed E-state index contributed by atoms with van der Waals surface area (Å²) in [6.45, 7) is 1.63. The van der Waals surface area contributed by atoms with Crippen molar-refractivity contribution in [1.29, 1.82) is 0 Å². The van der Waals surface area contributed by atoms with E-state index in [0.717, 1.165) is 10.0 Å². The van der Waals surface area contributed by atoms with Crippen molar-refractivity contribution >= 4 is 39.9 Å². The first-order chi connectivity index (χ1) is 15.4. The highest BCUT2D eigenvalue weighted by Gasteiger charge is 2.11. The Labute approximate surface area is 193 Å². The number of amides is 2. The number of hydrogen-bond donors (Lipinski definition) is 2. The number of hydrogen-bond acceptors (Lipinski definition) is 5. The van der Waals surface area contributed by atoms with Crippen LogP contribution in [0.2, 0.25) is 0 Å². The summed E-state index contributed by atoms with van der Waals surface area (Å²) >= 11 is 3.29. The number of carbonyl (C=O) groups excluding carboxylic acids is 3. The minimum atomic E-state index is -0.464. The highest BCUT2D eigenvalue weighted by Crippen LogP contribution is 2.15. The van der Waals surface area contributed by atoms with Gasteiger partial charge in [-0.3, -0.25) is 9.59 Å². The lowest BCUT2D eigenvalue weighted by Crippen LogP contribution is -2.34. The summed E-state index contributed by atoms with van der Waals surface area (Å²) in [4.78, 5) is 36.2. The van der Waals surface area contributed by atoms with Crippen LogP contribution in [0.25, 0.3) is 0 Å². The summed E-state index contributed by atoms with van der Waals surface area (Å²) in [5.41, 5.74) is 4.83. The van der Waals surface area contributed by atoms with Crippen molar-refractivity contribution in [3.63, 3.8) is 0 Å². The molecular weight excluding hydrogens is 474 g/mol. The summed E-state index contributed by atoms with van der Waals surface area (Å²) in [5.74, 6) is -0.856. The fourth-order valence-corrected chi connectivity index (χ4v) is 3.10. The average Bonchev–Trinajstić information content (AvgIpc) is 2.79. The van der Waals surface area contributed by atoms with Gasteiger partial charge in [0.25, 0.3) is 11.8 Å². The zero-order valence-corrected chi connectivity index (χ0v) is 18.8. The van der Waals surface area contributed by atoms with E-state index in [0.29, 0.717) is 22.4 Å². The molecule has 0 aliphatic rings. The van der Waals surface area contributed by atoms with E-state index in [1.165, 1.54) is 6.21 Å². The predicted molar refractivity (Wildman–Crippen MR) is 125 cm³/mol. The van der Waals surface area contributed by atoms with Crippen LogP contribution in [0, 0.1) is 6.92 Å². The van der Waals surface area contributed by atoms with Crippen LogP contribution in [0.1, 0.15) is 31.8 Å². The van der Waals surface area contributed by atoms with E-state index < -0.39 is 11.9 Å². The highest BCUT2D eigenvalue weighted by atomic mass is 79.9. The molecule has 0 saturated heterocycles. The molecule has 0 unspecified atom stereocenters. The minimum absolute atomic E-state index is 0.212. The van der Waals surface area contributed by atoms with Crippen LogP contribution < -0.4 is 15.5 Å². The molecule has 7 nitrogen and oxygen atoms in total. The molecule has 0 radical (unpaired) electrons. The number of nitrogens with one attached hydrogen (secondary N) is 2. The Hall–Kier alpha value is -3.78. The maximum atomic E-state index is 12.3. The van der Waals surface area contributed by atoms with Gasteiger partial charge in [-0.1, -0.05) is 40.2 Å². The molecule has 3 rings (SSSR count). The molecule has 3 aromatic carbocycles. The third-order valence-corrected chi connectivity index (χ3v) is 4.85. The van der Waals surface area contributed by atoms with Crippen LogP contribution in [0.5, 0.6) is 5.75 Å². The minimum Gasteiger partial charge on any atom is -0.423 e. The number of benzene rings is 3. The lowest BCUT2D eigenvalue weighted by Gasteiger charge is -2.06. The number of hydrazone groups is 1. The molecule has 0 atom stereocenters. The van der Waals surface area contributed by atoms with E-state index in [-0.39, 0.29) is 12.5 Å². The van der Waals surface area contributed by atoms with Crippen molar-refractivity contribution < 1.29 is 19.1 Å². The van der Waals surface area contributed by atoms with Gasteiger partial charge in [0.15, 0.2) is 0 Å². The Morgan fingerprint density at radius 2 is 1.75 bits per heavy atom. The molecule has 2 amide bonds. The lowest BCUT2D eigenvalue weighted by molar-refractivity contribution is -0.120. The topological polar surface area (TPSA) is 96.9 Å². The van der Waals surface area contributed by atoms with Crippen LogP contribution in [0.15, 0.2) is 82.4 Å². The van der Waals surface area contributed by atoms with E-state index in [9.17, 15) is 14.4 Å². The Kier molecular flexibility index (Phi) is 7.88. The van der Waals surface area contributed by atoms with Crippen molar-refractivity contribution in [3.05, 3.63) is 99.5 Å². The Morgan fingerprint density at radius 1 is 1.00 bits per heavy atom. The molecule has 2 N–H and O–H groups in total. The van der Waals surface area contributed by atoms with E-state index >= 15 is 0 Å². The summed E-state index contributed by atoms with van der Waals surface area (Å²) < 4.78 is 6.15. The molecule has 3 aromatic rings. The van der Waals surface area contributed by atoms with E-state index in [4.69, 9.17) is 4.74 Å². The number of carbonyl (C=O) groups is 3. The SMILES string of the molecule is Cc1ccccc1C(=O)Oc1ccc(/C=N/NC(=O)CNC(=O)c2cccc(Br)c2)cc1. The van der Waals surface area contributed by atoms with Crippen molar-refractivity contribution in [3.8, 4) is 5.75 Å². The zero-order chi connectivity index (χ0) is 22.9. The smallest absolute Gasteiger partial charge is 0.343 e. The summed E-state index contributed by atoms with van der Waals surface area (Å²) in [7, 11) is 0. The number of aryl methyl sites for hydroxylation is 1. The van der Waals surface area contributed by atoms with Crippen LogP contribution in [0.3, 0.4) is 0 Å². The van der Waals surface area contributed by atoms with E-state index in [1.807, 2.05) is 19.1 Å². The molecule has 0 aliphatic carbocycles. The van der Waals surface area contributed by atoms with E-state index in [1.54, 1.807) is 60.7 Å². The van der Waals surface area contributed by atoms with Crippen molar-refractivity contribution in [2.45, 2.75) is 6.92 Å². The van der Waals surface area contributed by atoms with Gasteiger partial charge >= 0.3 is 5.97 Å². The summed E-state index contributed by atoms with van der Waals surface area (Å²) in [6, 6.07) is 20.7. The van der Waals surface area contributed by atoms with Crippen LogP contribution in [-0.2, 0) is 4.79 Å². The third kappa shape index (κ3) is 6.61. The predicted octanol–water partition coefficient (Wildman–Crippen LogP) is 3.86. The van der Waals surface area contributed by atoms with E-state index in [2.05, 4.69) is 31.8 Å². The second-order valence-electron chi connectivity index (χ2n) is 6.76. The lowest BCUT2D eigenvalue weighted by atomic mass is 10.1. The number of ether oxygens (including phenoxy) is 1. The van der Waals surface area contributed by atoms with Crippen molar-refractivity contribution in [1.82, 2.24) is 10.7 Å². The van der Waals surface area contributed by atoms with Gasteiger partial charge in [-0.2, -0.15) is 5.10 Å². The second kappa shape index (κ2) is 11.0. The zero-order valence-electron chi connectivity index (χ0n) is 17.2. The molecule has 32 heavy (non-hydrogen) atoms. The van der Waals surface area contributed by atoms with Gasteiger partial charge in [0.1, 0.15) is 5.75 Å². The Bertz CT molecular complexity index is 1160. The van der Waals surface area contributed by atoms with Crippen LogP contribution in [0.4, 0.5) is 0 Å². The molecular formula is C24H20BrN3O4. The standard InChI is InChI=1S/C24H20BrN3O4/c1-16-5-2-3-8-21(16)24(31)32-20-11-9-17(10-12-20)14-27-28-22(29)15-26-23(30)18-6-4-7-19(25)13-18/h2-14H,15H2,1H3,(H,26,30)(H,28,29)/b27-14+. The first kappa shape index (κ1) is 22.9. The van der Waals surface area contributed by atoms with Gasteiger partial charge in [-0.05, 0) is 66.6 Å². The molecule has 0 bridgehead atoms. The number of nitrogens with zero attached hydrogens (tertiary/aromatic N) is 1. The molecule has 0 spiro atoms. The van der Waals surface area contributed by atoms with Gasteiger partial charge < -0.3 is 10.1 Å². The van der Waals surface area contributed by atoms with Crippen LogP contribution >= 0.6 is 15.9 Å². The van der Waals surface area contributed by atoms with Crippen LogP contribution in [-0.4, -0.2) is 30.5 Å². The second-order valence-corrected chi connectivity index (χ2v) is 7.68. The molecule has 8 heteroatoms. The molecule has 0 aliphatic heterocycles. The molecule has 0 heterocycles. The first-order valence-electron chi connectivity index (χ1n) is 9.66. The fourth-order valence-electron chi connectivity index (χ4n) is 2.70. The van der Waals surface area contributed by atoms with Gasteiger partial charge in [0, 0.05) is 10.0 Å². The number of esters is 1. The quantitative estimate of drug-likeness (QED) is 0.226. The molecule has 162 valence electrons.